The van der Waals surface area contributed by atoms with Crippen LogP contribution < -0.4 is 5.32 Å². The molecule has 0 amide bonds. The van der Waals surface area contributed by atoms with Crippen molar-refractivity contribution in [2.45, 2.75) is 39.2 Å². The highest BCUT2D eigenvalue weighted by atomic mass is 79.9. The summed E-state index contributed by atoms with van der Waals surface area (Å²) in [7, 11) is 2.01. The van der Waals surface area contributed by atoms with Crippen LogP contribution >= 0.6 is 15.9 Å². The van der Waals surface area contributed by atoms with E-state index in [4.69, 9.17) is 0 Å². The molecule has 1 N–H and O–H groups in total. The molecule has 1 unspecified atom stereocenters. The van der Waals surface area contributed by atoms with Crippen molar-refractivity contribution in [3.63, 3.8) is 0 Å². The van der Waals surface area contributed by atoms with Gasteiger partial charge < -0.3 is 5.32 Å². The molecule has 0 saturated carbocycles. The van der Waals surface area contributed by atoms with Crippen molar-refractivity contribution < 1.29 is 0 Å². The van der Waals surface area contributed by atoms with Gasteiger partial charge in [-0.15, -0.1) is 0 Å². The lowest BCUT2D eigenvalue weighted by Gasteiger charge is -2.21. The highest BCUT2D eigenvalue weighted by Crippen LogP contribution is 2.24. The van der Waals surface area contributed by atoms with Gasteiger partial charge in [-0.1, -0.05) is 26.7 Å². The summed E-state index contributed by atoms with van der Waals surface area (Å²) in [6.07, 6.45) is 5.51. The second kappa shape index (κ2) is 7.02. The van der Waals surface area contributed by atoms with Crippen molar-refractivity contribution in [2.24, 2.45) is 5.92 Å². The van der Waals surface area contributed by atoms with E-state index in [-0.39, 0.29) is 0 Å². The molecule has 1 rings (SSSR count). The quantitative estimate of drug-likeness (QED) is 0.856. The normalized spacial score (nSPS) is 13.1. The minimum absolute atomic E-state index is 0.373. The molecular weight excluding hydrogens is 264 g/mol. The van der Waals surface area contributed by atoms with Gasteiger partial charge in [0.1, 0.15) is 0 Å². The van der Waals surface area contributed by atoms with Crippen molar-refractivity contribution in [3.8, 4) is 0 Å². The van der Waals surface area contributed by atoms with Crippen LogP contribution in [0.25, 0.3) is 0 Å². The topological polar surface area (TPSA) is 24.9 Å². The molecule has 1 aromatic rings. The van der Waals surface area contributed by atoms with Gasteiger partial charge in [0.2, 0.25) is 0 Å². The van der Waals surface area contributed by atoms with E-state index in [1.165, 1.54) is 12.8 Å². The number of nitrogens with one attached hydrogen (secondary N) is 1. The first kappa shape index (κ1) is 13.7. The average molecular weight is 285 g/mol. The zero-order valence-corrected chi connectivity index (χ0v) is 11.9. The maximum atomic E-state index is 4.46. The predicted molar refractivity (Wildman–Crippen MR) is 72.4 cm³/mol. The Balaban J connectivity index is 2.70. The van der Waals surface area contributed by atoms with Gasteiger partial charge in [0, 0.05) is 16.7 Å². The Kier molecular flexibility index (Phi) is 5.99. The van der Waals surface area contributed by atoms with Crippen LogP contribution in [0, 0.1) is 5.92 Å². The second-order valence-corrected chi connectivity index (χ2v) is 5.08. The van der Waals surface area contributed by atoms with Gasteiger partial charge in [0.05, 0.1) is 5.69 Å². The molecule has 0 aliphatic heterocycles. The highest BCUT2D eigenvalue weighted by molar-refractivity contribution is 9.10. The lowest BCUT2D eigenvalue weighted by molar-refractivity contribution is 0.381. The molecule has 2 nitrogen and oxygen atoms in total. The number of aromatic nitrogens is 1. The third-order valence-corrected chi connectivity index (χ3v) is 3.65. The first-order valence-corrected chi connectivity index (χ1v) is 6.79. The lowest BCUT2D eigenvalue weighted by atomic mass is 9.93. The molecule has 90 valence electrons. The molecule has 1 heterocycles. The van der Waals surface area contributed by atoms with E-state index in [1.54, 1.807) is 0 Å². The van der Waals surface area contributed by atoms with E-state index in [2.05, 4.69) is 52.2 Å². The number of hydrogen-bond acceptors (Lipinski definition) is 2. The first-order chi connectivity index (χ1) is 7.71. The fourth-order valence-corrected chi connectivity index (χ4v) is 2.17. The maximum absolute atomic E-state index is 4.46. The molecule has 0 saturated heterocycles. The van der Waals surface area contributed by atoms with E-state index in [1.807, 2.05) is 13.2 Å². The zero-order chi connectivity index (χ0) is 12.0. The molecule has 0 aromatic carbocycles. The van der Waals surface area contributed by atoms with E-state index in [0.717, 1.165) is 22.5 Å². The van der Waals surface area contributed by atoms with Gasteiger partial charge in [0.25, 0.3) is 0 Å². The summed E-state index contributed by atoms with van der Waals surface area (Å²) in [4.78, 5) is 4.46. The predicted octanol–water partition coefficient (Wildman–Crippen LogP) is 3.93. The number of nitrogens with zero attached hydrogens (tertiary/aromatic N) is 1. The van der Waals surface area contributed by atoms with Gasteiger partial charge in [-0.25, -0.2) is 0 Å². The van der Waals surface area contributed by atoms with Crippen molar-refractivity contribution in [3.05, 3.63) is 28.5 Å². The summed E-state index contributed by atoms with van der Waals surface area (Å²) in [5.41, 5.74) is 1.14. The van der Waals surface area contributed by atoms with E-state index in [0.29, 0.717) is 6.04 Å². The van der Waals surface area contributed by atoms with Crippen molar-refractivity contribution in [1.29, 1.82) is 0 Å². The third kappa shape index (κ3) is 3.87. The van der Waals surface area contributed by atoms with E-state index >= 15 is 0 Å². The third-order valence-electron chi connectivity index (χ3n) is 3.18. The minimum atomic E-state index is 0.373. The van der Waals surface area contributed by atoms with Crippen LogP contribution in [-0.2, 0) is 0 Å². The second-order valence-electron chi connectivity index (χ2n) is 4.16. The van der Waals surface area contributed by atoms with Gasteiger partial charge in [-0.3, -0.25) is 4.98 Å². The maximum Gasteiger partial charge on any atom is 0.0574 e. The summed E-state index contributed by atoms with van der Waals surface area (Å²) in [6, 6.07) is 4.52. The fourth-order valence-electron chi connectivity index (χ4n) is 1.94. The number of hydrogen-bond donors (Lipinski definition) is 1. The monoisotopic (exact) mass is 284 g/mol. The van der Waals surface area contributed by atoms with Gasteiger partial charge in [-0.2, -0.15) is 0 Å². The van der Waals surface area contributed by atoms with E-state index < -0.39 is 0 Å². The molecule has 0 aliphatic carbocycles. The zero-order valence-electron chi connectivity index (χ0n) is 10.3. The van der Waals surface area contributed by atoms with E-state index in [9.17, 15) is 0 Å². The van der Waals surface area contributed by atoms with Crippen LogP contribution in [0.2, 0.25) is 0 Å². The Labute approximate surface area is 107 Å². The van der Waals surface area contributed by atoms with Crippen LogP contribution in [0.1, 0.15) is 44.8 Å². The summed E-state index contributed by atoms with van der Waals surface area (Å²) >= 11 is 3.41. The number of rotatable bonds is 6. The molecule has 0 bridgehead atoms. The van der Waals surface area contributed by atoms with Crippen LogP contribution in [-0.4, -0.2) is 12.0 Å². The summed E-state index contributed by atoms with van der Waals surface area (Å²) in [5, 5.41) is 3.36. The molecule has 0 radical (unpaired) electrons. The molecule has 16 heavy (non-hydrogen) atoms. The molecule has 0 aliphatic rings. The number of halogens is 1. The molecular formula is C13H21BrN2. The van der Waals surface area contributed by atoms with Gasteiger partial charge in [-0.05, 0) is 47.4 Å². The Morgan fingerprint density at radius 2 is 2.00 bits per heavy atom. The Morgan fingerprint density at radius 3 is 2.44 bits per heavy atom. The lowest BCUT2D eigenvalue weighted by Crippen LogP contribution is -2.20. The van der Waals surface area contributed by atoms with Crippen molar-refractivity contribution in [1.82, 2.24) is 10.3 Å². The number of pyridine rings is 1. The largest absolute Gasteiger partial charge is 0.312 e. The van der Waals surface area contributed by atoms with Crippen LogP contribution in [0.15, 0.2) is 22.8 Å². The molecule has 1 aromatic heterocycles. The fraction of sp³-hybridized carbons (Fsp3) is 0.615. The smallest absolute Gasteiger partial charge is 0.0574 e. The van der Waals surface area contributed by atoms with Crippen molar-refractivity contribution >= 4 is 15.9 Å². The van der Waals surface area contributed by atoms with Crippen LogP contribution in [0.4, 0.5) is 0 Å². The average Bonchev–Trinajstić information content (AvgIpc) is 2.32. The molecule has 1 atom stereocenters. The standard InChI is InChI=1S/C13H21BrN2/c1-4-10(5-2)8-13(15-3)12-7-6-11(14)9-16-12/h6-7,9-10,13,15H,4-5,8H2,1-3H3. The van der Waals surface area contributed by atoms with Gasteiger partial charge in [0.15, 0.2) is 0 Å². The Bertz CT molecular complexity index is 293. The van der Waals surface area contributed by atoms with Crippen molar-refractivity contribution in [2.75, 3.05) is 7.05 Å². The van der Waals surface area contributed by atoms with Crippen LogP contribution in [0.3, 0.4) is 0 Å². The van der Waals surface area contributed by atoms with Crippen LogP contribution in [0.5, 0.6) is 0 Å². The Hall–Kier alpha value is -0.410. The molecule has 0 fully saturated rings. The summed E-state index contributed by atoms with van der Waals surface area (Å²) in [5.74, 6) is 0.780. The first-order valence-electron chi connectivity index (χ1n) is 5.99. The Morgan fingerprint density at radius 1 is 1.31 bits per heavy atom. The minimum Gasteiger partial charge on any atom is -0.312 e. The van der Waals surface area contributed by atoms with Gasteiger partial charge >= 0.3 is 0 Å². The SMILES string of the molecule is CCC(CC)CC(NC)c1ccc(Br)cn1. The summed E-state index contributed by atoms with van der Waals surface area (Å²) < 4.78 is 1.04. The highest BCUT2D eigenvalue weighted by Gasteiger charge is 2.15. The molecule has 0 spiro atoms. The molecule has 3 heteroatoms. The summed E-state index contributed by atoms with van der Waals surface area (Å²) in [6.45, 7) is 4.52.